The maximum atomic E-state index is 13.1. The SMILES string of the molecule is COCCCNC(=O)c1ccccc1NC(=O)C1CCCN(Cc2nc(-c3cccc(Br)c3)no2)C1. The van der Waals surface area contributed by atoms with Crippen LogP contribution in [0.2, 0.25) is 0 Å². The van der Waals surface area contributed by atoms with Gasteiger partial charge in [-0.15, -0.1) is 0 Å². The molecule has 2 aromatic carbocycles. The topological polar surface area (TPSA) is 110 Å². The molecule has 0 radical (unpaired) electrons. The second-order valence-electron chi connectivity index (χ2n) is 8.73. The largest absolute Gasteiger partial charge is 0.385 e. The van der Waals surface area contributed by atoms with Crippen molar-refractivity contribution in [1.82, 2.24) is 20.4 Å². The summed E-state index contributed by atoms with van der Waals surface area (Å²) >= 11 is 3.46. The van der Waals surface area contributed by atoms with Crippen LogP contribution in [-0.2, 0) is 16.1 Å². The minimum atomic E-state index is -0.218. The van der Waals surface area contributed by atoms with Crippen molar-refractivity contribution in [2.75, 3.05) is 38.7 Å². The Bertz CT molecular complexity index is 1180. The first kappa shape index (κ1) is 26.0. The molecule has 1 unspecified atom stereocenters. The first-order valence-corrected chi connectivity index (χ1v) is 12.8. The van der Waals surface area contributed by atoms with E-state index < -0.39 is 0 Å². The second-order valence-corrected chi connectivity index (χ2v) is 9.65. The quantitative estimate of drug-likeness (QED) is 0.362. The summed E-state index contributed by atoms with van der Waals surface area (Å²) in [6.07, 6.45) is 2.38. The average Bonchev–Trinajstić information content (AvgIpc) is 3.35. The zero-order valence-electron chi connectivity index (χ0n) is 20.2. The molecule has 0 bridgehead atoms. The van der Waals surface area contributed by atoms with Gasteiger partial charge in [-0.2, -0.15) is 4.98 Å². The molecule has 0 saturated carbocycles. The van der Waals surface area contributed by atoms with Crippen LogP contribution >= 0.6 is 15.9 Å². The van der Waals surface area contributed by atoms with E-state index in [2.05, 4.69) is 41.6 Å². The van der Waals surface area contributed by atoms with E-state index in [0.717, 1.165) is 35.8 Å². The Kier molecular flexibility index (Phi) is 9.21. The van der Waals surface area contributed by atoms with Crippen molar-refractivity contribution in [2.24, 2.45) is 5.92 Å². The van der Waals surface area contributed by atoms with Crippen LogP contribution in [0.3, 0.4) is 0 Å². The lowest BCUT2D eigenvalue weighted by Crippen LogP contribution is -2.40. The van der Waals surface area contributed by atoms with Gasteiger partial charge in [0, 0.05) is 36.8 Å². The molecule has 2 amide bonds. The number of carbonyl (C=O) groups is 2. The smallest absolute Gasteiger partial charge is 0.253 e. The third-order valence-electron chi connectivity index (χ3n) is 6.03. The van der Waals surface area contributed by atoms with Gasteiger partial charge in [0.05, 0.1) is 23.7 Å². The molecule has 1 aliphatic rings. The molecule has 36 heavy (non-hydrogen) atoms. The van der Waals surface area contributed by atoms with E-state index in [-0.39, 0.29) is 17.7 Å². The van der Waals surface area contributed by atoms with Gasteiger partial charge in [0.2, 0.25) is 17.6 Å². The lowest BCUT2D eigenvalue weighted by molar-refractivity contribution is -0.121. The molecule has 190 valence electrons. The van der Waals surface area contributed by atoms with Crippen LogP contribution in [0.5, 0.6) is 0 Å². The highest BCUT2D eigenvalue weighted by molar-refractivity contribution is 9.10. The summed E-state index contributed by atoms with van der Waals surface area (Å²) in [7, 11) is 1.63. The van der Waals surface area contributed by atoms with E-state index in [1.165, 1.54) is 0 Å². The van der Waals surface area contributed by atoms with Crippen molar-refractivity contribution in [3.63, 3.8) is 0 Å². The van der Waals surface area contributed by atoms with Crippen molar-refractivity contribution in [2.45, 2.75) is 25.8 Å². The summed E-state index contributed by atoms with van der Waals surface area (Å²) in [5, 5.41) is 9.95. The third-order valence-corrected chi connectivity index (χ3v) is 6.52. The second kappa shape index (κ2) is 12.8. The number of aromatic nitrogens is 2. The van der Waals surface area contributed by atoms with Crippen LogP contribution < -0.4 is 10.6 Å². The number of hydrogen-bond acceptors (Lipinski definition) is 7. The Hall–Kier alpha value is -3.08. The maximum Gasteiger partial charge on any atom is 0.253 e. The van der Waals surface area contributed by atoms with Gasteiger partial charge in [0.15, 0.2) is 0 Å². The predicted molar refractivity (Wildman–Crippen MR) is 139 cm³/mol. The van der Waals surface area contributed by atoms with Gasteiger partial charge in [-0.05, 0) is 50.1 Å². The summed E-state index contributed by atoms with van der Waals surface area (Å²) in [6, 6.07) is 14.8. The lowest BCUT2D eigenvalue weighted by atomic mass is 9.96. The van der Waals surface area contributed by atoms with E-state index in [9.17, 15) is 9.59 Å². The molecule has 4 rings (SSSR count). The number of methoxy groups -OCH3 is 1. The van der Waals surface area contributed by atoms with Gasteiger partial charge in [-0.3, -0.25) is 14.5 Å². The summed E-state index contributed by atoms with van der Waals surface area (Å²) in [6.45, 7) is 2.98. The Morgan fingerprint density at radius 1 is 1.22 bits per heavy atom. The van der Waals surface area contributed by atoms with E-state index in [0.29, 0.717) is 49.2 Å². The van der Waals surface area contributed by atoms with Gasteiger partial charge in [-0.25, -0.2) is 0 Å². The minimum absolute atomic E-state index is 0.0975. The van der Waals surface area contributed by atoms with Crippen LogP contribution in [0.15, 0.2) is 57.5 Å². The lowest BCUT2D eigenvalue weighted by Gasteiger charge is -2.31. The van der Waals surface area contributed by atoms with Gasteiger partial charge in [-0.1, -0.05) is 45.4 Å². The molecule has 1 atom stereocenters. The number of para-hydroxylation sites is 1. The molecule has 1 aliphatic heterocycles. The summed E-state index contributed by atoms with van der Waals surface area (Å²) in [5.41, 5.74) is 1.83. The number of amides is 2. The highest BCUT2D eigenvalue weighted by Gasteiger charge is 2.28. The van der Waals surface area contributed by atoms with E-state index in [1.807, 2.05) is 30.3 Å². The third kappa shape index (κ3) is 6.99. The van der Waals surface area contributed by atoms with Crippen LogP contribution in [-0.4, -0.2) is 60.2 Å². The number of rotatable bonds is 10. The molecule has 9 nitrogen and oxygen atoms in total. The van der Waals surface area contributed by atoms with E-state index in [1.54, 1.807) is 25.3 Å². The number of nitrogens with zero attached hydrogens (tertiary/aromatic N) is 3. The Balaban J connectivity index is 1.34. The molecule has 1 fully saturated rings. The number of hydrogen-bond donors (Lipinski definition) is 2. The number of carbonyl (C=O) groups excluding carboxylic acids is 2. The standard InChI is InChI=1S/C26H30BrN5O4/c1-35-14-6-12-28-26(34)21-10-2-3-11-22(21)29-25(33)19-8-5-13-32(16-19)17-23-30-24(31-36-23)18-7-4-9-20(27)15-18/h2-4,7,9-11,15,19H,5-6,8,12-14,16-17H2,1H3,(H,28,34)(H,29,33). The highest BCUT2D eigenvalue weighted by atomic mass is 79.9. The molecule has 0 aliphatic carbocycles. The van der Waals surface area contributed by atoms with Crippen molar-refractivity contribution in [1.29, 1.82) is 0 Å². The van der Waals surface area contributed by atoms with Gasteiger partial charge in [0.25, 0.3) is 5.91 Å². The fraction of sp³-hybridized carbons (Fsp3) is 0.385. The molecular weight excluding hydrogens is 526 g/mol. The van der Waals surface area contributed by atoms with Gasteiger partial charge in [0.1, 0.15) is 0 Å². The fourth-order valence-electron chi connectivity index (χ4n) is 4.21. The van der Waals surface area contributed by atoms with Crippen molar-refractivity contribution in [3.05, 3.63) is 64.5 Å². The van der Waals surface area contributed by atoms with Crippen LogP contribution in [0, 0.1) is 5.92 Å². The normalized spacial score (nSPS) is 16.0. The zero-order chi connectivity index (χ0) is 25.3. The monoisotopic (exact) mass is 555 g/mol. The first-order chi connectivity index (χ1) is 17.5. The fourth-order valence-corrected chi connectivity index (χ4v) is 4.61. The van der Waals surface area contributed by atoms with Gasteiger partial charge < -0.3 is 19.9 Å². The van der Waals surface area contributed by atoms with E-state index in [4.69, 9.17) is 9.26 Å². The zero-order valence-corrected chi connectivity index (χ0v) is 21.8. The number of anilines is 1. The highest BCUT2D eigenvalue weighted by Crippen LogP contribution is 2.24. The predicted octanol–water partition coefficient (Wildman–Crippen LogP) is 4.12. The molecule has 1 saturated heterocycles. The number of nitrogens with one attached hydrogen (secondary N) is 2. The van der Waals surface area contributed by atoms with Crippen molar-refractivity contribution < 1.29 is 18.8 Å². The maximum absolute atomic E-state index is 13.1. The number of ether oxygens (including phenoxy) is 1. The van der Waals surface area contributed by atoms with Crippen molar-refractivity contribution >= 4 is 33.4 Å². The molecule has 0 spiro atoms. The van der Waals surface area contributed by atoms with Crippen molar-refractivity contribution in [3.8, 4) is 11.4 Å². The molecular formula is C26H30BrN5O4. The molecule has 10 heteroatoms. The molecule has 2 N–H and O–H groups in total. The number of benzene rings is 2. The summed E-state index contributed by atoms with van der Waals surface area (Å²) in [4.78, 5) is 32.4. The molecule has 1 aromatic heterocycles. The molecule has 3 aromatic rings. The van der Waals surface area contributed by atoms with Crippen LogP contribution in [0.25, 0.3) is 11.4 Å². The average molecular weight is 556 g/mol. The first-order valence-electron chi connectivity index (χ1n) is 12.0. The minimum Gasteiger partial charge on any atom is -0.385 e. The number of halogens is 1. The van der Waals surface area contributed by atoms with Crippen LogP contribution in [0.1, 0.15) is 35.5 Å². The Morgan fingerprint density at radius 3 is 2.92 bits per heavy atom. The van der Waals surface area contributed by atoms with E-state index >= 15 is 0 Å². The summed E-state index contributed by atoms with van der Waals surface area (Å²) in [5.74, 6) is 0.532. The Labute approximate surface area is 218 Å². The molecule has 2 heterocycles. The van der Waals surface area contributed by atoms with Gasteiger partial charge >= 0.3 is 0 Å². The number of piperidine rings is 1. The number of likely N-dealkylation sites (tertiary alicyclic amines) is 1. The van der Waals surface area contributed by atoms with Crippen LogP contribution in [0.4, 0.5) is 5.69 Å². The Morgan fingerprint density at radius 2 is 2.08 bits per heavy atom. The summed E-state index contributed by atoms with van der Waals surface area (Å²) < 4.78 is 11.4.